The first kappa shape index (κ1) is 17.7. The number of carbonyl (C=O) groups is 2. The van der Waals surface area contributed by atoms with Crippen molar-refractivity contribution < 1.29 is 19.1 Å². The molecule has 0 saturated heterocycles. The highest BCUT2D eigenvalue weighted by atomic mass is 35.5. The molecule has 0 fully saturated rings. The van der Waals surface area contributed by atoms with Crippen LogP contribution in [0.1, 0.15) is 10.4 Å². The zero-order chi connectivity index (χ0) is 17.8. The minimum Gasteiger partial charge on any atom is -0.454 e. The van der Waals surface area contributed by atoms with Gasteiger partial charge >= 0.3 is 0 Å². The van der Waals surface area contributed by atoms with Crippen LogP contribution < -0.4 is 20.3 Å². The lowest BCUT2D eigenvalue weighted by Crippen LogP contribution is -2.42. The lowest BCUT2D eigenvalue weighted by Gasteiger charge is -2.08. The standard InChI is InChI=1S/C16H12Cl2N2O4S/c17-10-2-3-11(18)14(6-10)25-7-15(21)19-20-16(22)9-1-4-12-13(5-9)24-8-23-12/h1-6H,7-8H2,(H,19,21)(H,20,22). The fourth-order valence-electron chi connectivity index (χ4n) is 2.00. The summed E-state index contributed by atoms with van der Waals surface area (Å²) in [6.07, 6.45) is 0. The third-order valence-electron chi connectivity index (χ3n) is 3.20. The van der Waals surface area contributed by atoms with Gasteiger partial charge in [-0.1, -0.05) is 23.2 Å². The number of carbonyl (C=O) groups excluding carboxylic acids is 2. The van der Waals surface area contributed by atoms with Crippen LogP contribution in [0.5, 0.6) is 11.5 Å². The molecule has 0 radical (unpaired) electrons. The predicted octanol–water partition coefficient (Wildman–Crippen LogP) is 3.28. The maximum atomic E-state index is 12.1. The number of hydrazine groups is 1. The van der Waals surface area contributed by atoms with Crippen LogP contribution in [0, 0.1) is 0 Å². The molecule has 0 aromatic heterocycles. The van der Waals surface area contributed by atoms with Gasteiger partial charge in [-0.05, 0) is 36.4 Å². The van der Waals surface area contributed by atoms with Crippen molar-refractivity contribution in [1.82, 2.24) is 10.9 Å². The van der Waals surface area contributed by atoms with Crippen LogP contribution in [0.3, 0.4) is 0 Å². The molecule has 2 aromatic carbocycles. The van der Waals surface area contributed by atoms with E-state index in [2.05, 4.69) is 10.9 Å². The Morgan fingerprint density at radius 3 is 2.68 bits per heavy atom. The lowest BCUT2D eigenvalue weighted by molar-refractivity contribution is -0.119. The van der Waals surface area contributed by atoms with E-state index in [-0.39, 0.29) is 18.5 Å². The van der Waals surface area contributed by atoms with E-state index >= 15 is 0 Å². The highest BCUT2D eigenvalue weighted by Gasteiger charge is 2.16. The molecular weight excluding hydrogens is 387 g/mol. The van der Waals surface area contributed by atoms with Crippen molar-refractivity contribution in [2.75, 3.05) is 12.5 Å². The molecule has 2 aromatic rings. The lowest BCUT2D eigenvalue weighted by atomic mass is 10.2. The zero-order valence-electron chi connectivity index (χ0n) is 12.7. The van der Waals surface area contributed by atoms with Crippen LogP contribution in [0.2, 0.25) is 10.0 Å². The summed E-state index contributed by atoms with van der Waals surface area (Å²) < 4.78 is 10.4. The summed E-state index contributed by atoms with van der Waals surface area (Å²) in [5, 5.41) is 1.04. The third kappa shape index (κ3) is 4.50. The van der Waals surface area contributed by atoms with E-state index in [1.165, 1.54) is 11.8 Å². The number of rotatable bonds is 4. The van der Waals surface area contributed by atoms with Crippen LogP contribution in [0.25, 0.3) is 0 Å². The van der Waals surface area contributed by atoms with Gasteiger partial charge in [0.2, 0.25) is 12.7 Å². The Morgan fingerprint density at radius 2 is 1.84 bits per heavy atom. The fraction of sp³-hybridized carbons (Fsp3) is 0.125. The van der Waals surface area contributed by atoms with Gasteiger partial charge in [0.25, 0.3) is 5.91 Å². The molecule has 25 heavy (non-hydrogen) atoms. The molecule has 9 heteroatoms. The highest BCUT2D eigenvalue weighted by molar-refractivity contribution is 8.00. The zero-order valence-corrected chi connectivity index (χ0v) is 15.0. The van der Waals surface area contributed by atoms with Crippen molar-refractivity contribution in [3.63, 3.8) is 0 Å². The molecule has 0 saturated carbocycles. The molecule has 1 heterocycles. The van der Waals surface area contributed by atoms with E-state index in [1.54, 1.807) is 36.4 Å². The van der Waals surface area contributed by atoms with Crippen LogP contribution in [-0.4, -0.2) is 24.4 Å². The first-order valence-corrected chi connectivity index (χ1v) is 8.84. The number of halogens is 2. The second kappa shape index (κ2) is 7.86. The minimum atomic E-state index is -0.461. The van der Waals surface area contributed by atoms with Crippen molar-refractivity contribution in [3.8, 4) is 11.5 Å². The molecule has 6 nitrogen and oxygen atoms in total. The van der Waals surface area contributed by atoms with Crippen molar-refractivity contribution in [2.24, 2.45) is 0 Å². The van der Waals surface area contributed by atoms with Gasteiger partial charge in [0.1, 0.15) is 0 Å². The molecule has 2 N–H and O–H groups in total. The number of fused-ring (bicyclic) bond motifs is 1. The van der Waals surface area contributed by atoms with Gasteiger partial charge in [-0.25, -0.2) is 0 Å². The number of hydrogen-bond acceptors (Lipinski definition) is 5. The quantitative estimate of drug-likeness (QED) is 0.610. The summed E-state index contributed by atoms with van der Waals surface area (Å²) in [5.41, 5.74) is 5.03. The van der Waals surface area contributed by atoms with E-state index in [4.69, 9.17) is 32.7 Å². The van der Waals surface area contributed by atoms with Crippen molar-refractivity contribution in [3.05, 3.63) is 52.0 Å². The normalized spacial score (nSPS) is 11.9. The van der Waals surface area contributed by atoms with E-state index in [9.17, 15) is 9.59 Å². The Bertz CT molecular complexity index is 832. The number of hydrogen-bond donors (Lipinski definition) is 2. The van der Waals surface area contributed by atoms with Gasteiger partial charge < -0.3 is 9.47 Å². The molecule has 0 spiro atoms. The number of ether oxygens (including phenoxy) is 2. The smallest absolute Gasteiger partial charge is 0.269 e. The van der Waals surface area contributed by atoms with Crippen LogP contribution in [0.4, 0.5) is 0 Å². The Hall–Kier alpha value is -2.09. The van der Waals surface area contributed by atoms with E-state index in [0.29, 0.717) is 32.0 Å². The summed E-state index contributed by atoms with van der Waals surface area (Å²) in [4.78, 5) is 24.6. The van der Waals surface area contributed by atoms with Crippen LogP contribution in [0.15, 0.2) is 41.3 Å². The van der Waals surface area contributed by atoms with Crippen molar-refractivity contribution in [1.29, 1.82) is 0 Å². The van der Waals surface area contributed by atoms with Gasteiger partial charge in [0.05, 0.1) is 10.8 Å². The Morgan fingerprint density at radius 1 is 1.04 bits per heavy atom. The summed E-state index contributed by atoms with van der Waals surface area (Å²) in [5.74, 6) is 0.301. The number of amides is 2. The minimum absolute atomic E-state index is 0.0709. The van der Waals surface area contributed by atoms with Gasteiger partial charge in [-0.3, -0.25) is 20.4 Å². The maximum Gasteiger partial charge on any atom is 0.269 e. The largest absolute Gasteiger partial charge is 0.454 e. The molecule has 2 amide bonds. The average Bonchev–Trinajstić information content (AvgIpc) is 3.08. The number of nitrogens with one attached hydrogen (secondary N) is 2. The molecule has 0 bridgehead atoms. The third-order valence-corrected chi connectivity index (χ3v) is 4.93. The maximum absolute atomic E-state index is 12.1. The second-order valence-corrected chi connectivity index (χ2v) is 6.79. The SMILES string of the molecule is O=C(CSc1cc(Cl)ccc1Cl)NNC(=O)c1ccc2c(c1)OCO2. The molecule has 0 unspecified atom stereocenters. The highest BCUT2D eigenvalue weighted by Crippen LogP contribution is 2.32. The van der Waals surface area contributed by atoms with Gasteiger partial charge in [-0.15, -0.1) is 11.8 Å². The molecular formula is C16H12Cl2N2O4S. The molecule has 130 valence electrons. The Balaban J connectivity index is 1.50. The van der Waals surface area contributed by atoms with Crippen LogP contribution >= 0.6 is 35.0 Å². The van der Waals surface area contributed by atoms with Gasteiger partial charge in [-0.2, -0.15) is 0 Å². The number of thioether (sulfide) groups is 1. The Labute approximate surface area is 157 Å². The number of benzene rings is 2. The van der Waals surface area contributed by atoms with Gasteiger partial charge in [0, 0.05) is 15.5 Å². The van der Waals surface area contributed by atoms with E-state index in [0.717, 1.165) is 0 Å². The average molecular weight is 399 g/mol. The van der Waals surface area contributed by atoms with E-state index in [1.807, 2.05) is 0 Å². The molecule has 3 rings (SSSR count). The fourth-order valence-corrected chi connectivity index (χ4v) is 3.30. The van der Waals surface area contributed by atoms with Gasteiger partial charge in [0.15, 0.2) is 11.5 Å². The van der Waals surface area contributed by atoms with Crippen molar-refractivity contribution in [2.45, 2.75) is 4.90 Å². The molecule has 1 aliphatic heterocycles. The Kier molecular flexibility index (Phi) is 5.57. The van der Waals surface area contributed by atoms with Crippen molar-refractivity contribution >= 4 is 46.8 Å². The summed E-state index contributed by atoms with van der Waals surface area (Å²) in [6.45, 7) is 0.125. The first-order valence-electron chi connectivity index (χ1n) is 7.09. The van der Waals surface area contributed by atoms with Crippen LogP contribution in [-0.2, 0) is 4.79 Å². The monoisotopic (exact) mass is 398 g/mol. The summed E-state index contributed by atoms with van der Waals surface area (Å²) >= 11 is 13.1. The predicted molar refractivity (Wildman–Crippen MR) is 95.4 cm³/mol. The second-order valence-electron chi connectivity index (χ2n) is 4.93. The first-order chi connectivity index (χ1) is 12.0. The summed E-state index contributed by atoms with van der Waals surface area (Å²) in [6, 6.07) is 9.76. The van der Waals surface area contributed by atoms with E-state index < -0.39 is 5.91 Å². The molecule has 0 aliphatic carbocycles. The summed E-state index contributed by atoms with van der Waals surface area (Å²) in [7, 11) is 0. The topological polar surface area (TPSA) is 76.7 Å². The molecule has 1 aliphatic rings. The molecule has 0 atom stereocenters.